The van der Waals surface area contributed by atoms with Crippen LogP contribution in [0.1, 0.15) is 19.8 Å². The highest BCUT2D eigenvalue weighted by Gasteiger charge is 2.56. The van der Waals surface area contributed by atoms with E-state index in [4.69, 9.17) is 0 Å². The van der Waals surface area contributed by atoms with Gasteiger partial charge in [0.05, 0.1) is 13.2 Å². The summed E-state index contributed by atoms with van der Waals surface area (Å²) in [6.45, 7) is 0.922. The van der Waals surface area contributed by atoms with Crippen LogP contribution in [0.25, 0.3) is 0 Å². The maximum absolute atomic E-state index is 12.2. The molecule has 3 rings (SSSR count). The number of hydrogen-bond donors (Lipinski definition) is 1. The van der Waals surface area contributed by atoms with E-state index in [0.29, 0.717) is 19.4 Å². The van der Waals surface area contributed by atoms with Crippen molar-refractivity contribution in [3.05, 3.63) is 0 Å². The number of rotatable bonds is 3. The maximum atomic E-state index is 12.2. The third-order valence-corrected chi connectivity index (χ3v) is 3.99. The summed E-state index contributed by atoms with van der Waals surface area (Å²) in [4.78, 5) is 13.8. The Morgan fingerprint density at radius 3 is 2.72 bits per heavy atom. The Bertz CT molecular complexity index is 347. The summed E-state index contributed by atoms with van der Waals surface area (Å²) in [6, 6.07) is -0.00886. The summed E-state index contributed by atoms with van der Waals surface area (Å²) in [6.07, 6.45) is -3.49. The summed E-state index contributed by atoms with van der Waals surface area (Å²) in [5.74, 6) is -0.576. The van der Waals surface area contributed by atoms with Gasteiger partial charge < -0.3 is 5.11 Å². The Balaban J connectivity index is 2.22. The summed E-state index contributed by atoms with van der Waals surface area (Å²) in [5, 5.41) is 9.44. The fourth-order valence-corrected chi connectivity index (χ4v) is 3.14. The van der Waals surface area contributed by atoms with Gasteiger partial charge in [0.15, 0.2) is 5.78 Å². The van der Waals surface area contributed by atoms with Crippen LogP contribution in [-0.2, 0) is 9.53 Å². The van der Waals surface area contributed by atoms with Crippen LogP contribution >= 0.6 is 0 Å². The van der Waals surface area contributed by atoms with Crippen LogP contribution in [0.4, 0.5) is 13.2 Å². The molecule has 18 heavy (non-hydrogen) atoms. The standard InChI is InChI=1S/C11H16F3NO3/c1-7-4-8-2-3-15(7)10(5-16,9(8)17)6-18-11(12,13)14/h7-8,16H,2-6H2,1H3/t7-,8+,10-/m1/s1. The van der Waals surface area contributed by atoms with Crippen LogP contribution < -0.4 is 0 Å². The molecule has 0 saturated carbocycles. The third-order valence-electron chi connectivity index (χ3n) is 3.99. The highest BCUT2D eigenvalue weighted by molar-refractivity contribution is 5.92. The van der Waals surface area contributed by atoms with Gasteiger partial charge in [-0.15, -0.1) is 13.2 Å². The van der Waals surface area contributed by atoms with E-state index in [1.807, 2.05) is 6.92 Å². The molecule has 4 nitrogen and oxygen atoms in total. The molecule has 3 aliphatic rings. The Hall–Kier alpha value is -0.660. The van der Waals surface area contributed by atoms with Crippen molar-refractivity contribution in [1.29, 1.82) is 0 Å². The van der Waals surface area contributed by atoms with E-state index in [-0.39, 0.29) is 17.7 Å². The van der Waals surface area contributed by atoms with Crippen LogP contribution in [0.2, 0.25) is 0 Å². The smallest absolute Gasteiger partial charge is 0.394 e. The van der Waals surface area contributed by atoms with E-state index in [2.05, 4.69) is 4.74 Å². The first-order valence-corrected chi connectivity index (χ1v) is 5.93. The average Bonchev–Trinajstić information content (AvgIpc) is 2.29. The highest BCUT2D eigenvalue weighted by Crippen LogP contribution is 2.40. The van der Waals surface area contributed by atoms with Gasteiger partial charge in [-0.05, 0) is 19.8 Å². The number of aliphatic hydroxyl groups is 1. The molecule has 104 valence electrons. The number of fused-ring (bicyclic) bond motifs is 3. The van der Waals surface area contributed by atoms with Crippen LogP contribution in [0, 0.1) is 5.92 Å². The lowest BCUT2D eigenvalue weighted by atomic mass is 9.71. The topological polar surface area (TPSA) is 49.8 Å². The maximum Gasteiger partial charge on any atom is 0.522 e. The van der Waals surface area contributed by atoms with Crippen LogP contribution in [-0.4, -0.2) is 53.5 Å². The number of alkyl halides is 3. The van der Waals surface area contributed by atoms with E-state index in [1.165, 1.54) is 0 Å². The zero-order chi connectivity index (χ0) is 13.6. The van der Waals surface area contributed by atoms with Crippen LogP contribution in [0.5, 0.6) is 0 Å². The number of halogens is 3. The first-order valence-electron chi connectivity index (χ1n) is 5.93. The molecule has 2 bridgehead atoms. The molecule has 1 unspecified atom stereocenters. The van der Waals surface area contributed by atoms with Gasteiger partial charge >= 0.3 is 6.36 Å². The van der Waals surface area contributed by atoms with E-state index in [0.717, 1.165) is 0 Å². The van der Waals surface area contributed by atoms with Gasteiger partial charge in [0.2, 0.25) is 0 Å². The van der Waals surface area contributed by atoms with Crippen molar-refractivity contribution >= 4 is 5.78 Å². The lowest BCUT2D eigenvalue weighted by Crippen LogP contribution is -2.71. The molecule has 0 spiro atoms. The zero-order valence-electron chi connectivity index (χ0n) is 10.0. The Morgan fingerprint density at radius 2 is 2.22 bits per heavy atom. The Labute approximate surface area is 103 Å². The Morgan fingerprint density at radius 1 is 1.56 bits per heavy atom. The SMILES string of the molecule is C[C@@H]1C[C@@H]2CCN1[C@](CO)(COC(F)(F)F)C2=O. The predicted molar refractivity (Wildman–Crippen MR) is 55.7 cm³/mol. The predicted octanol–water partition coefficient (Wildman–Crippen LogP) is 0.937. The van der Waals surface area contributed by atoms with Crippen molar-refractivity contribution in [2.75, 3.05) is 19.8 Å². The number of aliphatic hydroxyl groups excluding tert-OH is 1. The summed E-state index contributed by atoms with van der Waals surface area (Å²) < 4.78 is 40.3. The molecule has 0 amide bonds. The van der Waals surface area contributed by atoms with E-state index in [1.54, 1.807) is 4.90 Å². The molecule has 0 radical (unpaired) electrons. The summed E-state index contributed by atoms with van der Waals surface area (Å²) >= 11 is 0. The summed E-state index contributed by atoms with van der Waals surface area (Å²) in [7, 11) is 0. The molecule has 3 aliphatic heterocycles. The third kappa shape index (κ3) is 2.15. The fraction of sp³-hybridized carbons (Fsp3) is 0.909. The van der Waals surface area contributed by atoms with Crippen LogP contribution in [0.15, 0.2) is 0 Å². The average molecular weight is 267 g/mol. The second kappa shape index (κ2) is 4.47. The first-order chi connectivity index (χ1) is 8.30. The zero-order valence-corrected chi connectivity index (χ0v) is 10.0. The highest BCUT2D eigenvalue weighted by atomic mass is 19.4. The van der Waals surface area contributed by atoms with Crippen molar-refractivity contribution in [3.63, 3.8) is 0 Å². The minimum absolute atomic E-state index is 0.00886. The fourth-order valence-electron chi connectivity index (χ4n) is 3.14. The number of ketones is 1. The van der Waals surface area contributed by atoms with Gasteiger partial charge in [0.1, 0.15) is 5.54 Å². The largest absolute Gasteiger partial charge is 0.522 e. The van der Waals surface area contributed by atoms with E-state index in [9.17, 15) is 23.1 Å². The molecule has 3 heterocycles. The van der Waals surface area contributed by atoms with Gasteiger partial charge in [-0.25, -0.2) is 0 Å². The van der Waals surface area contributed by atoms with Crippen molar-refractivity contribution in [1.82, 2.24) is 4.90 Å². The van der Waals surface area contributed by atoms with Gasteiger partial charge in [0.25, 0.3) is 0 Å². The van der Waals surface area contributed by atoms with Crippen LogP contribution in [0.3, 0.4) is 0 Å². The molecule has 4 atom stereocenters. The number of carbonyl (C=O) groups is 1. The molecular formula is C11H16F3NO3. The van der Waals surface area contributed by atoms with Gasteiger partial charge in [-0.3, -0.25) is 14.4 Å². The number of piperidine rings is 3. The monoisotopic (exact) mass is 267 g/mol. The van der Waals surface area contributed by atoms with Crippen molar-refractivity contribution in [3.8, 4) is 0 Å². The normalized spacial score (nSPS) is 40.3. The van der Waals surface area contributed by atoms with Gasteiger partial charge in [-0.1, -0.05) is 0 Å². The number of nitrogens with zero attached hydrogens (tertiary/aromatic N) is 1. The molecular weight excluding hydrogens is 251 g/mol. The summed E-state index contributed by atoms with van der Waals surface area (Å²) in [5.41, 5.74) is -1.52. The first kappa shape index (κ1) is 13.8. The number of carbonyl (C=O) groups excluding carboxylic acids is 1. The number of hydrogen-bond acceptors (Lipinski definition) is 4. The second-order valence-electron chi connectivity index (χ2n) is 5.05. The molecule has 1 N–H and O–H groups in total. The van der Waals surface area contributed by atoms with Crippen molar-refractivity contribution < 1.29 is 27.8 Å². The van der Waals surface area contributed by atoms with Gasteiger partial charge in [-0.2, -0.15) is 0 Å². The number of ether oxygens (including phenoxy) is 1. The second-order valence-corrected chi connectivity index (χ2v) is 5.05. The van der Waals surface area contributed by atoms with Crippen molar-refractivity contribution in [2.45, 2.75) is 37.7 Å². The lowest BCUT2D eigenvalue weighted by molar-refractivity contribution is -0.335. The number of Topliss-reactive ketones (excluding diaryl/α,β-unsaturated/α-hetero) is 1. The molecule has 0 aliphatic carbocycles. The molecule has 0 aromatic heterocycles. The minimum atomic E-state index is -4.79. The molecule has 3 saturated heterocycles. The molecule has 3 fully saturated rings. The molecule has 7 heteroatoms. The van der Waals surface area contributed by atoms with E-state index >= 15 is 0 Å². The molecule has 0 aromatic carbocycles. The van der Waals surface area contributed by atoms with E-state index < -0.39 is 25.1 Å². The Kier molecular flexibility index (Phi) is 3.42. The molecule has 0 aromatic rings. The minimum Gasteiger partial charge on any atom is -0.394 e. The van der Waals surface area contributed by atoms with Crippen molar-refractivity contribution in [2.24, 2.45) is 5.92 Å². The lowest BCUT2D eigenvalue weighted by Gasteiger charge is -2.55. The quantitative estimate of drug-likeness (QED) is 0.826. The van der Waals surface area contributed by atoms with Gasteiger partial charge in [0, 0.05) is 18.5 Å².